The number of hydrogen-bond donors (Lipinski definition) is 0. The van der Waals surface area contributed by atoms with E-state index in [1.54, 1.807) is 0 Å². The molecule has 0 bridgehead atoms. The number of aryl methyl sites for hydroxylation is 3. The van der Waals surface area contributed by atoms with Crippen molar-refractivity contribution in [3.05, 3.63) is 105 Å². The van der Waals surface area contributed by atoms with Crippen LogP contribution in [0.2, 0.25) is 15.1 Å². The first kappa shape index (κ1) is 20.6. The highest BCUT2D eigenvalue weighted by atomic mass is 35.5. The zero-order valence-electron chi connectivity index (χ0n) is 14.1. The fourth-order valence-electron chi connectivity index (χ4n) is 1.69. The first-order valence-corrected chi connectivity index (χ1v) is 8.67. The molecule has 0 aromatic heterocycles. The predicted octanol–water partition coefficient (Wildman–Crippen LogP) is 7.95. The van der Waals surface area contributed by atoms with Gasteiger partial charge in [0.2, 0.25) is 0 Å². The second-order valence-electron chi connectivity index (χ2n) is 5.34. The second kappa shape index (κ2) is 11.1. The first-order chi connectivity index (χ1) is 11.4. The van der Waals surface area contributed by atoms with Crippen LogP contribution in [0.15, 0.2) is 72.8 Å². The molecule has 0 saturated carbocycles. The highest BCUT2D eigenvalue weighted by Crippen LogP contribution is 2.12. The van der Waals surface area contributed by atoms with Crippen LogP contribution in [-0.2, 0) is 0 Å². The molecule has 0 radical (unpaired) electrons. The van der Waals surface area contributed by atoms with Crippen molar-refractivity contribution in [2.75, 3.05) is 0 Å². The van der Waals surface area contributed by atoms with Gasteiger partial charge in [0.15, 0.2) is 0 Å². The zero-order valence-corrected chi connectivity index (χ0v) is 16.3. The van der Waals surface area contributed by atoms with E-state index in [0.717, 1.165) is 20.6 Å². The van der Waals surface area contributed by atoms with Crippen molar-refractivity contribution < 1.29 is 0 Å². The average molecular weight is 380 g/mol. The van der Waals surface area contributed by atoms with Crippen LogP contribution in [0, 0.1) is 20.8 Å². The maximum Gasteiger partial charge on any atom is 0.0435 e. The van der Waals surface area contributed by atoms with E-state index in [0.29, 0.717) is 0 Å². The minimum atomic E-state index is 0.801. The van der Waals surface area contributed by atoms with Gasteiger partial charge in [0.25, 0.3) is 0 Å². The van der Waals surface area contributed by atoms with Crippen LogP contribution < -0.4 is 0 Å². The molecule has 0 saturated heterocycles. The van der Waals surface area contributed by atoms with Gasteiger partial charge in [-0.05, 0) is 62.2 Å². The number of rotatable bonds is 0. The fourth-order valence-corrected chi connectivity index (χ4v) is 2.20. The molecular formula is C21H21Cl3. The van der Waals surface area contributed by atoms with E-state index < -0.39 is 0 Å². The van der Waals surface area contributed by atoms with Gasteiger partial charge in [-0.3, -0.25) is 0 Å². The minimum absolute atomic E-state index is 0.801. The van der Waals surface area contributed by atoms with Gasteiger partial charge in [0.1, 0.15) is 0 Å². The Balaban J connectivity index is 0.000000180. The lowest BCUT2D eigenvalue weighted by atomic mass is 10.2. The Morgan fingerprint density at radius 1 is 0.542 bits per heavy atom. The topological polar surface area (TPSA) is 0 Å². The van der Waals surface area contributed by atoms with E-state index in [4.69, 9.17) is 34.8 Å². The van der Waals surface area contributed by atoms with Crippen molar-refractivity contribution in [2.24, 2.45) is 0 Å². The summed E-state index contributed by atoms with van der Waals surface area (Å²) in [6.07, 6.45) is 0. The molecule has 0 amide bonds. The van der Waals surface area contributed by atoms with Gasteiger partial charge >= 0.3 is 0 Å². The summed E-state index contributed by atoms with van der Waals surface area (Å²) in [5.74, 6) is 0. The Kier molecular flexibility index (Phi) is 9.56. The Morgan fingerprint density at radius 2 is 1.17 bits per heavy atom. The summed E-state index contributed by atoms with van der Waals surface area (Å²) in [7, 11) is 0. The second-order valence-corrected chi connectivity index (χ2v) is 6.62. The van der Waals surface area contributed by atoms with Crippen LogP contribution in [0.5, 0.6) is 0 Å². The molecule has 126 valence electrons. The molecule has 0 fully saturated rings. The third-order valence-electron chi connectivity index (χ3n) is 3.07. The monoisotopic (exact) mass is 378 g/mol. The van der Waals surface area contributed by atoms with Crippen molar-refractivity contribution in [1.29, 1.82) is 0 Å². The van der Waals surface area contributed by atoms with E-state index in [9.17, 15) is 0 Å². The van der Waals surface area contributed by atoms with Gasteiger partial charge in [0, 0.05) is 15.1 Å². The maximum absolute atomic E-state index is 5.71. The average Bonchev–Trinajstić information content (AvgIpc) is 2.54. The molecule has 0 aliphatic carbocycles. The summed E-state index contributed by atoms with van der Waals surface area (Å²) in [4.78, 5) is 0. The quantitative estimate of drug-likeness (QED) is 0.372. The summed E-state index contributed by atoms with van der Waals surface area (Å²) in [5.41, 5.74) is 3.58. The lowest BCUT2D eigenvalue weighted by Gasteiger charge is -1.90. The Morgan fingerprint density at radius 3 is 1.54 bits per heavy atom. The lowest BCUT2D eigenvalue weighted by molar-refractivity contribution is 1.47. The fraction of sp³-hybridized carbons (Fsp3) is 0.143. The van der Waals surface area contributed by atoms with Crippen molar-refractivity contribution in [3.8, 4) is 0 Å². The zero-order chi connectivity index (χ0) is 17.9. The molecule has 0 heterocycles. The molecule has 3 rings (SSSR count). The molecule has 0 N–H and O–H groups in total. The molecular weight excluding hydrogens is 359 g/mol. The first-order valence-electron chi connectivity index (χ1n) is 7.54. The molecule has 3 heteroatoms. The van der Waals surface area contributed by atoms with Crippen LogP contribution in [0.4, 0.5) is 0 Å². The third kappa shape index (κ3) is 8.98. The Hall–Kier alpha value is -1.47. The van der Waals surface area contributed by atoms with Crippen LogP contribution in [0.3, 0.4) is 0 Å². The standard InChI is InChI=1S/3C7H7Cl/c1-6-2-4-7(8)5-3-6;1-6-3-2-4-7(8)5-6;1-6-4-2-3-5-7(6)8/h3*2-5H,1H3. The Bertz CT molecular complexity index is 675. The normalized spacial score (nSPS) is 9.25. The lowest BCUT2D eigenvalue weighted by Crippen LogP contribution is -1.68. The van der Waals surface area contributed by atoms with Crippen LogP contribution in [-0.4, -0.2) is 0 Å². The van der Waals surface area contributed by atoms with Gasteiger partial charge in [-0.15, -0.1) is 0 Å². The largest absolute Gasteiger partial charge is 0.0843 e. The van der Waals surface area contributed by atoms with Crippen LogP contribution in [0.25, 0.3) is 0 Å². The van der Waals surface area contributed by atoms with E-state index in [-0.39, 0.29) is 0 Å². The minimum Gasteiger partial charge on any atom is -0.0843 e. The van der Waals surface area contributed by atoms with Gasteiger partial charge < -0.3 is 0 Å². The molecule has 0 aliphatic heterocycles. The van der Waals surface area contributed by atoms with E-state index >= 15 is 0 Å². The van der Waals surface area contributed by atoms with E-state index in [2.05, 4.69) is 0 Å². The van der Waals surface area contributed by atoms with Gasteiger partial charge in [-0.25, -0.2) is 0 Å². The predicted molar refractivity (Wildman–Crippen MR) is 109 cm³/mol. The summed E-state index contributed by atoms with van der Waals surface area (Å²) in [6, 6.07) is 23.3. The van der Waals surface area contributed by atoms with Gasteiger partial charge in [-0.1, -0.05) is 82.8 Å². The van der Waals surface area contributed by atoms with E-state index in [1.165, 1.54) is 11.1 Å². The van der Waals surface area contributed by atoms with Crippen molar-refractivity contribution in [3.63, 3.8) is 0 Å². The maximum atomic E-state index is 5.71. The van der Waals surface area contributed by atoms with Crippen molar-refractivity contribution >= 4 is 34.8 Å². The highest BCUT2D eigenvalue weighted by molar-refractivity contribution is 6.31. The molecule has 0 nitrogen and oxygen atoms in total. The molecule has 0 atom stereocenters. The van der Waals surface area contributed by atoms with Crippen molar-refractivity contribution in [2.45, 2.75) is 20.8 Å². The van der Waals surface area contributed by atoms with Gasteiger partial charge in [0.05, 0.1) is 0 Å². The third-order valence-corrected chi connectivity index (χ3v) is 3.98. The SMILES string of the molecule is Cc1ccc(Cl)cc1.Cc1cccc(Cl)c1.Cc1ccccc1Cl. The molecule has 0 aliphatic rings. The summed E-state index contributed by atoms with van der Waals surface area (Å²) < 4.78 is 0. The highest BCUT2D eigenvalue weighted by Gasteiger charge is 1.86. The molecule has 0 spiro atoms. The number of benzene rings is 3. The van der Waals surface area contributed by atoms with E-state index in [1.807, 2.05) is 93.6 Å². The number of hydrogen-bond acceptors (Lipinski definition) is 0. The molecule has 0 unspecified atom stereocenters. The number of halogens is 3. The van der Waals surface area contributed by atoms with Crippen molar-refractivity contribution in [1.82, 2.24) is 0 Å². The van der Waals surface area contributed by atoms with Crippen LogP contribution >= 0.6 is 34.8 Å². The summed E-state index contributed by atoms with van der Waals surface area (Å²) in [5, 5.41) is 2.45. The Labute approximate surface area is 160 Å². The van der Waals surface area contributed by atoms with Gasteiger partial charge in [-0.2, -0.15) is 0 Å². The molecule has 3 aromatic carbocycles. The smallest absolute Gasteiger partial charge is 0.0435 e. The summed E-state index contributed by atoms with van der Waals surface area (Å²) >= 11 is 17.0. The van der Waals surface area contributed by atoms with Crippen LogP contribution in [0.1, 0.15) is 16.7 Å². The molecule has 24 heavy (non-hydrogen) atoms. The molecule has 3 aromatic rings. The summed E-state index contributed by atoms with van der Waals surface area (Å²) in [6.45, 7) is 6.05.